The van der Waals surface area contributed by atoms with E-state index in [2.05, 4.69) is 10.6 Å². The number of carbonyl (C=O) groups excluding carboxylic acids is 2. The number of amides is 2. The molecule has 8 heteroatoms. The first kappa shape index (κ1) is 21.8. The van der Waals surface area contributed by atoms with E-state index in [0.717, 1.165) is 0 Å². The van der Waals surface area contributed by atoms with Gasteiger partial charge in [-0.3, -0.25) is 9.59 Å². The monoisotopic (exact) mass is 432 g/mol. The minimum Gasteiger partial charge on any atom is -0.494 e. The Kier molecular flexibility index (Phi) is 7.05. The van der Waals surface area contributed by atoms with Crippen molar-refractivity contribution in [3.63, 3.8) is 0 Å². The molecular formula is C22H25ClN2O5. The summed E-state index contributed by atoms with van der Waals surface area (Å²) in [5, 5.41) is 5.91. The summed E-state index contributed by atoms with van der Waals surface area (Å²) in [5.41, 5.74) is 0.834. The van der Waals surface area contributed by atoms with Crippen LogP contribution < -0.4 is 24.8 Å². The minimum absolute atomic E-state index is 0.146. The van der Waals surface area contributed by atoms with Crippen LogP contribution in [0.15, 0.2) is 36.4 Å². The SMILES string of the molecule is CCOc1ccc(C(=O)N[C@H](C(=O)Nc2cc3c(cc2Cl)OCCO3)C(C)C)cc1. The van der Waals surface area contributed by atoms with Crippen LogP contribution in [0.4, 0.5) is 5.69 Å². The van der Waals surface area contributed by atoms with E-state index >= 15 is 0 Å². The first-order chi connectivity index (χ1) is 14.4. The van der Waals surface area contributed by atoms with Gasteiger partial charge >= 0.3 is 0 Å². The lowest BCUT2D eigenvalue weighted by atomic mass is 10.0. The van der Waals surface area contributed by atoms with Gasteiger partial charge in [0.25, 0.3) is 5.91 Å². The molecule has 0 fully saturated rings. The van der Waals surface area contributed by atoms with E-state index in [1.165, 1.54) is 0 Å². The molecular weight excluding hydrogens is 408 g/mol. The molecule has 0 unspecified atom stereocenters. The van der Waals surface area contributed by atoms with E-state index in [9.17, 15) is 9.59 Å². The van der Waals surface area contributed by atoms with Crippen LogP contribution in [0.1, 0.15) is 31.1 Å². The average molecular weight is 433 g/mol. The predicted molar refractivity (Wildman–Crippen MR) is 115 cm³/mol. The molecule has 1 atom stereocenters. The Bertz CT molecular complexity index is 914. The summed E-state index contributed by atoms with van der Waals surface area (Å²) in [5.74, 6) is 0.866. The van der Waals surface area contributed by atoms with Gasteiger partial charge in [-0.2, -0.15) is 0 Å². The molecule has 0 spiro atoms. The fraction of sp³-hybridized carbons (Fsp3) is 0.364. The number of hydrogen-bond acceptors (Lipinski definition) is 5. The van der Waals surface area contributed by atoms with Crippen LogP contribution in [0.3, 0.4) is 0 Å². The number of anilines is 1. The van der Waals surface area contributed by atoms with Crippen LogP contribution >= 0.6 is 11.6 Å². The summed E-state index contributed by atoms with van der Waals surface area (Å²) in [7, 11) is 0. The third-order valence-electron chi connectivity index (χ3n) is 4.55. The molecule has 7 nitrogen and oxygen atoms in total. The Morgan fingerprint density at radius 1 is 1.10 bits per heavy atom. The number of carbonyl (C=O) groups is 2. The molecule has 0 aromatic heterocycles. The number of rotatable bonds is 7. The minimum atomic E-state index is -0.756. The fourth-order valence-corrected chi connectivity index (χ4v) is 3.20. The molecule has 1 heterocycles. The molecule has 30 heavy (non-hydrogen) atoms. The fourth-order valence-electron chi connectivity index (χ4n) is 3.00. The summed E-state index contributed by atoms with van der Waals surface area (Å²) < 4.78 is 16.4. The number of benzene rings is 2. The Morgan fingerprint density at radius 2 is 1.73 bits per heavy atom. The first-order valence-electron chi connectivity index (χ1n) is 9.82. The number of halogens is 1. The molecule has 0 radical (unpaired) electrons. The molecule has 0 aliphatic carbocycles. The van der Waals surface area contributed by atoms with E-state index in [-0.39, 0.29) is 17.7 Å². The van der Waals surface area contributed by atoms with E-state index in [1.807, 2.05) is 20.8 Å². The van der Waals surface area contributed by atoms with Gasteiger partial charge < -0.3 is 24.8 Å². The zero-order valence-electron chi connectivity index (χ0n) is 17.2. The van der Waals surface area contributed by atoms with Gasteiger partial charge in [-0.05, 0) is 37.1 Å². The van der Waals surface area contributed by atoms with Gasteiger partial charge in [-0.1, -0.05) is 25.4 Å². The molecule has 1 aliphatic rings. The van der Waals surface area contributed by atoms with Crippen LogP contribution in [-0.2, 0) is 4.79 Å². The normalized spacial score (nSPS) is 13.5. The molecule has 2 amide bonds. The number of fused-ring (bicyclic) bond motifs is 1. The molecule has 0 saturated heterocycles. The van der Waals surface area contributed by atoms with Gasteiger partial charge in [0.05, 0.1) is 17.3 Å². The van der Waals surface area contributed by atoms with Crippen molar-refractivity contribution in [2.24, 2.45) is 5.92 Å². The number of hydrogen-bond donors (Lipinski definition) is 2. The maximum Gasteiger partial charge on any atom is 0.251 e. The maximum absolute atomic E-state index is 12.9. The van der Waals surface area contributed by atoms with E-state index in [0.29, 0.717) is 53.3 Å². The Labute approximate surface area is 180 Å². The van der Waals surface area contributed by atoms with Crippen molar-refractivity contribution in [2.75, 3.05) is 25.1 Å². The van der Waals surface area contributed by atoms with E-state index in [1.54, 1.807) is 36.4 Å². The highest BCUT2D eigenvalue weighted by Crippen LogP contribution is 2.38. The van der Waals surface area contributed by atoms with Gasteiger partial charge in [0.2, 0.25) is 5.91 Å². The van der Waals surface area contributed by atoms with Crippen LogP contribution in [0.2, 0.25) is 5.02 Å². The van der Waals surface area contributed by atoms with Crippen molar-refractivity contribution in [3.8, 4) is 17.2 Å². The summed E-state index contributed by atoms with van der Waals surface area (Å²) in [4.78, 5) is 25.6. The molecule has 3 rings (SSSR count). The Balaban J connectivity index is 1.71. The lowest BCUT2D eigenvalue weighted by molar-refractivity contribution is -0.118. The van der Waals surface area contributed by atoms with Crippen molar-refractivity contribution in [3.05, 3.63) is 47.0 Å². The molecule has 0 bridgehead atoms. The first-order valence-corrected chi connectivity index (χ1v) is 10.2. The predicted octanol–water partition coefficient (Wildman–Crippen LogP) is 3.90. The second-order valence-corrected chi connectivity index (χ2v) is 7.52. The molecule has 1 aliphatic heterocycles. The number of ether oxygens (including phenoxy) is 3. The zero-order valence-corrected chi connectivity index (χ0v) is 17.9. The maximum atomic E-state index is 12.9. The highest BCUT2D eigenvalue weighted by atomic mass is 35.5. The highest BCUT2D eigenvalue weighted by Gasteiger charge is 2.26. The number of nitrogens with one attached hydrogen (secondary N) is 2. The van der Waals surface area contributed by atoms with Crippen LogP contribution in [0.25, 0.3) is 0 Å². The van der Waals surface area contributed by atoms with Gasteiger partial charge in [-0.25, -0.2) is 0 Å². The largest absolute Gasteiger partial charge is 0.494 e. The Hall–Kier alpha value is -2.93. The molecule has 2 aromatic rings. The third kappa shape index (κ3) is 5.16. The zero-order chi connectivity index (χ0) is 21.7. The van der Waals surface area contributed by atoms with Gasteiger partial charge in [0.1, 0.15) is 25.0 Å². The second-order valence-electron chi connectivity index (χ2n) is 7.12. The van der Waals surface area contributed by atoms with Gasteiger partial charge in [-0.15, -0.1) is 0 Å². The summed E-state index contributed by atoms with van der Waals surface area (Å²) >= 11 is 6.28. The van der Waals surface area contributed by atoms with E-state index < -0.39 is 6.04 Å². The summed E-state index contributed by atoms with van der Waals surface area (Å²) in [6.45, 7) is 7.02. The highest BCUT2D eigenvalue weighted by molar-refractivity contribution is 6.34. The quantitative estimate of drug-likeness (QED) is 0.693. The van der Waals surface area contributed by atoms with Crippen molar-refractivity contribution in [2.45, 2.75) is 26.8 Å². The Morgan fingerprint density at radius 3 is 2.33 bits per heavy atom. The lowest BCUT2D eigenvalue weighted by Crippen LogP contribution is -2.47. The van der Waals surface area contributed by atoms with Crippen molar-refractivity contribution in [1.29, 1.82) is 0 Å². The molecule has 160 valence electrons. The van der Waals surface area contributed by atoms with Crippen LogP contribution in [0.5, 0.6) is 17.2 Å². The third-order valence-corrected chi connectivity index (χ3v) is 4.87. The van der Waals surface area contributed by atoms with Crippen molar-refractivity contribution < 1.29 is 23.8 Å². The van der Waals surface area contributed by atoms with Crippen molar-refractivity contribution >= 4 is 29.1 Å². The van der Waals surface area contributed by atoms with E-state index in [4.69, 9.17) is 25.8 Å². The topological polar surface area (TPSA) is 85.9 Å². The van der Waals surface area contributed by atoms with Gasteiger partial charge in [0.15, 0.2) is 11.5 Å². The van der Waals surface area contributed by atoms with Crippen molar-refractivity contribution in [1.82, 2.24) is 5.32 Å². The van der Waals surface area contributed by atoms with Crippen LogP contribution in [0, 0.1) is 5.92 Å². The van der Waals surface area contributed by atoms with Gasteiger partial charge in [0, 0.05) is 17.7 Å². The van der Waals surface area contributed by atoms with Crippen LogP contribution in [-0.4, -0.2) is 37.7 Å². The molecule has 2 N–H and O–H groups in total. The average Bonchev–Trinajstić information content (AvgIpc) is 2.72. The standard InChI is InChI=1S/C22H25ClN2O5/c1-4-28-15-7-5-14(6-8-15)21(26)25-20(13(2)3)22(27)24-17-12-19-18(11-16(17)23)29-9-10-30-19/h5-8,11-13,20H,4,9-10H2,1-3H3,(H,24,27)(H,25,26)/t20-/m0/s1. The lowest BCUT2D eigenvalue weighted by Gasteiger charge is -2.23. The summed E-state index contributed by atoms with van der Waals surface area (Å²) in [6, 6.07) is 9.24. The molecule has 2 aromatic carbocycles. The molecule has 0 saturated carbocycles. The smallest absolute Gasteiger partial charge is 0.251 e. The summed E-state index contributed by atoms with van der Waals surface area (Å²) in [6.07, 6.45) is 0. The second kappa shape index (κ2) is 9.71.